The fourth-order valence-corrected chi connectivity index (χ4v) is 1.80. The van der Waals surface area contributed by atoms with E-state index in [0.29, 0.717) is 5.89 Å². The molecule has 2 rings (SSSR count). The summed E-state index contributed by atoms with van der Waals surface area (Å²) in [5.41, 5.74) is 5.84. The number of hydrogen-bond donors (Lipinski definition) is 2. The van der Waals surface area contributed by atoms with E-state index in [1.165, 1.54) is 4.90 Å². The number of primary amides is 1. The molecule has 0 atom stereocenters. The second kappa shape index (κ2) is 6.62. The molecule has 8 heteroatoms. The molecule has 0 aliphatic heterocycles. The van der Waals surface area contributed by atoms with Crippen molar-refractivity contribution in [3.63, 3.8) is 0 Å². The van der Waals surface area contributed by atoms with Gasteiger partial charge >= 0.3 is 5.97 Å². The topological polar surface area (TPSA) is 123 Å². The molecule has 0 aliphatic carbocycles. The third-order valence-electron chi connectivity index (χ3n) is 2.59. The highest BCUT2D eigenvalue weighted by Crippen LogP contribution is 2.16. The Morgan fingerprint density at radius 3 is 2.57 bits per heavy atom. The Kier molecular flexibility index (Phi) is 4.62. The molecule has 0 saturated heterocycles. The number of carboxylic acid groups (broad SMARTS) is 1. The number of benzene rings is 1. The van der Waals surface area contributed by atoms with Gasteiger partial charge in [-0.05, 0) is 12.1 Å². The van der Waals surface area contributed by atoms with Crippen molar-refractivity contribution in [2.45, 2.75) is 6.54 Å². The van der Waals surface area contributed by atoms with Gasteiger partial charge in [-0.2, -0.15) is 4.98 Å². The van der Waals surface area contributed by atoms with Crippen molar-refractivity contribution >= 4 is 11.9 Å². The molecule has 0 spiro atoms. The number of aromatic nitrogens is 2. The Bertz CT molecular complexity index is 610. The Hall–Kier alpha value is -2.74. The van der Waals surface area contributed by atoms with Crippen LogP contribution in [0.2, 0.25) is 0 Å². The van der Waals surface area contributed by atoms with E-state index in [9.17, 15) is 9.59 Å². The Morgan fingerprint density at radius 2 is 1.95 bits per heavy atom. The summed E-state index contributed by atoms with van der Waals surface area (Å²) in [6, 6.07) is 9.17. The Labute approximate surface area is 120 Å². The summed E-state index contributed by atoms with van der Waals surface area (Å²) < 4.78 is 5.11. The minimum Gasteiger partial charge on any atom is -0.480 e. The fourth-order valence-electron chi connectivity index (χ4n) is 1.80. The van der Waals surface area contributed by atoms with Crippen LogP contribution in [0.1, 0.15) is 5.82 Å². The average Bonchev–Trinajstić information content (AvgIpc) is 2.86. The fraction of sp³-hybridized carbons (Fsp3) is 0.231. The summed E-state index contributed by atoms with van der Waals surface area (Å²) in [5, 5.41) is 12.6. The number of nitrogens with zero attached hydrogens (tertiary/aromatic N) is 3. The quantitative estimate of drug-likeness (QED) is 0.741. The van der Waals surface area contributed by atoms with Crippen LogP contribution < -0.4 is 5.73 Å². The van der Waals surface area contributed by atoms with Gasteiger partial charge in [0.05, 0.1) is 19.6 Å². The number of carboxylic acids is 1. The second-order valence-corrected chi connectivity index (χ2v) is 4.39. The molecule has 21 heavy (non-hydrogen) atoms. The maximum Gasteiger partial charge on any atom is 0.317 e. The predicted octanol–water partition coefficient (Wildman–Crippen LogP) is 0.108. The summed E-state index contributed by atoms with van der Waals surface area (Å²) in [5.74, 6) is -1.07. The lowest BCUT2D eigenvalue weighted by atomic mass is 10.2. The molecule has 3 N–H and O–H groups in total. The molecule has 8 nitrogen and oxygen atoms in total. The van der Waals surface area contributed by atoms with Gasteiger partial charge in [0.1, 0.15) is 0 Å². The molecule has 1 aromatic heterocycles. The van der Waals surface area contributed by atoms with Crippen molar-refractivity contribution in [1.82, 2.24) is 15.0 Å². The summed E-state index contributed by atoms with van der Waals surface area (Å²) >= 11 is 0. The molecular formula is C13H14N4O4. The van der Waals surface area contributed by atoms with E-state index in [1.807, 2.05) is 30.3 Å². The van der Waals surface area contributed by atoms with Gasteiger partial charge in [-0.25, -0.2) is 0 Å². The third-order valence-corrected chi connectivity index (χ3v) is 2.59. The third kappa shape index (κ3) is 4.39. The van der Waals surface area contributed by atoms with E-state index in [-0.39, 0.29) is 25.5 Å². The Balaban J connectivity index is 2.09. The molecule has 1 heterocycles. The van der Waals surface area contributed by atoms with Crippen LogP contribution in [-0.4, -0.2) is 45.1 Å². The van der Waals surface area contributed by atoms with E-state index in [0.717, 1.165) is 5.56 Å². The lowest BCUT2D eigenvalue weighted by Crippen LogP contribution is -2.37. The van der Waals surface area contributed by atoms with Crippen molar-refractivity contribution in [3.8, 4) is 11.5 Å². The van der Waals surface area contributed by atoms with Gasteiger partial charge in [-0.3, -0.25) is 14.5 Å². The smallest absolute Gasteiger partial charge is 0.317 e. The monoisotopic (exact) mass is 290 g/mol. The van der Waals surface area contributed by atoms with Crippen molar-refractivity contribution in [2.75, 3.05) is 13.1 Å². The molecule has 0 saturated carbocycles. The van der Waals surface area contributed by atoms with Crippen molar-refractivity contribution in [3.05, 3.63) is 36.2 Å². The number of rotatable bonds is 7. The maximum atomic E-state index is 10.9. The van der Waals surface area contributed by atoms with Crippen LogP contribution in [0.5, 0.6) is 0 Å². The minimum atomic E-state index is -1.07. The highest BCUT2D eigenvalue weighted by atomic mass is 16.5. The largest absolute Gasteiger partial charge is 0.480 e. The van der Waals surface area contributed by atoms with Gasteiger partial charge in [0.25, 0.3) is 5.89 Å². The van der Waals surface area contributed by atoms with Gasteiger partial charge in [-0.15, -0.1) is 0 Å². The maximum absolute atomic E-state index is 10.9. The normalized spacial score (nSPS) is 10.7. The average molecular weight is 290 g/mol. The molecule has 0 aliphatic rings. The molecule has 110 valence electrons. The van der Waals surface area contributed by atoms with Gasteiger partial charge in [0.15, 0.2) is 5.82 Å². The van der Waals surface area contributed by atoms with E-state index in [1.54, 1.807) is 0 Å². The first-order valence-corrected chi connectivity index (χ1v) is 6.15. The van der Waals surface area contributed by atoms with Crippen LogP contribution in [0.3, 0.4) is 0 Å². The van der Waals surface area contributed by atoms with Crippen LogP contribution in [0.4, 0.5) is 0 Å². The van der Waals surface area contributed by atoms with Crippen LogP contribution in [0.25, 0.3) is 11.5 Å². The number of amides is 1. The van der Waals surface area contributed by atoms with Gasteiger partial charge in [0.2, 0.25) is 5.91 Å². The predicted molar refractivity (Wildman–Crippen MR) is 71.8 cm³/mol. The second-order valence-electron chi connectivity index (χ2n) is 4.39. The van der Waals surface area contributed by atoms with Crippen molar-refractivity contribution in [2.24, 2.45) is 5.73 Å². The lowest BCUT2D eigenvalue weighted by molar-refractivity contribution is -0.138. The van der Waals surface area contributed by atoms with Crippen LogP contribution >= 0.6 is 0 Å². The summed E-state index contributed by atoms with van der Waals surface area (Å²) in [6.07, 6.45) is 0. The number of hydrogen-bond acceptors (Lipinski definition) is 6. The molecule has 0 fully saturated rings. The molecule has 0 unspecified atom stereocenters. The molecule has 0 bridgehead atoms. The number of carbonyl (C=O) groups excluding carboxylic acids is 1. The highest BCUT2D eigenvalue weighted by Gasteiger charge is 2.16. The first kappa shape index (κ1) is 14.7. The van der Waals surface area contributed by atoms with E-state index in [2.05, 4.69) is 10.1 Å². The number of carbonyl (C=O) groups is 2. The zero-order valence-electron chi connectivity index (χ0n) is 11.1. The molecule has 0 radical (unpaired) electrons. The van der Waals surface area contributed by atoms with Crippen LogP contribution in [0, 0.1) is 0 Å². The number of nitrogens with two attached hydrogens (primary N) is 1. The van der Waals surface area contributed by atoms with Crippen LogP contribution in [0.15, 0.2) is 34.9 Å². The molecular weight excluding hydrogens is 276 g/mol. The van der Waals surface area contributed by atoms with Gasteiger partial charge in [0, 0.05) is 5.56 Å². The van der Waals surface area contributed by atoms with E-state index < -0.39 is 11.9 Å². The zero-order valence-corrected chi connectivity index (χ0v) is 11.1. The van der Waals surface area contributed by atoms with Gasteiger partial charge in [-0.1, -0.05) is 23.4 Å². The molecule has 1 amide bonds. The SMILES string of the molecule is NC(=O)CN(CC(=O)O)Cc1noc(-c2ccccc2)n1. The molecule has 1 aromatic carbocycles. The van der Waals surface area contributed by atoms with Crippen molar-refractivity contribution < 1.29 is 19.2 Å². The zero-order chi connectivity index (χ0) is 15.2. The van der Waals surface area contributed by atoms with Crippen molar-refractivity contribution in [1.29, 1.82) is 0 Å². The summed E-state index contributed by atoms with van der Waals surface area (Å²) in [4.78, 5) is 27.2. The summed E-state index contributed by atoms with van der Waals surface area (Å²) in [7, 11) is 0. The number of aliphatic carboxylic acids is 1. The minimum absolute atomic E-state index is 0.0611. The Morgan fingerprint density at radius 1 is 1.24 bits per heavy atom. The first-order chi connectivity index (χ1) is 10.0. The summed E-state index contributed by atoms with van der Waals surface area (Å²) in [6.45, 7) is -0.467. The first-order valence-electron chi connectivity index (χ1n) is 6.15. The van der Waals surface area contributed by atoms with Gasteiger partial charge < -0.3 is 15.4 Å². The highest BCUT2D eigenvalue weighted by molar-refractivity contribution is 5.77. The van der Waals surface area contributed by atoms with E-state index >= 15 is 0 Å². The standard InChI is InChI=1S/C13H14N4O4/c14-10(18)6-17(8-12(19)20)7-11-15-13(21-16-11)9-4-2-1-3-5-9/h1-5H,6-8H2,(H2,14,18)(H,19,20). The van der Waals surface area contributed by atoms with Crippen LogP contribution in [-0.2, 0) is 16.1 Å². The van der Waals surface area contributed by atoms with E-state index in [4.69, 9.17) is 15.4 Å². The lowest BCUT2D eigenvalue weighted by Gasteiger charge is -2.15. The molecule has 2 aromatic rings.